The van der Waals surface area contributed by atoms with Crippen LogP contribution < -0.4 is 15.5 Å². The molecule has 2 fully saturated rings. The highest BCUT2D eigenvalue weighted by Crippen LogP contribution is 2.25. The van der Waals surface area contributed by atoms with Gasteiger partial charge in [0.1, 0.15) is 0 Å². The molecule has 4 rings (SSSR count). The third-order valence-corrected chi connectivity index (χ3v) is 4.95. The summed E-state index contributed by atoms with van der Waals surface area (Å²) < 4.78 is 5.10. The molecule has 0 spiro atoms. The van der Waals surface area contributed by atoms with E-state index < -0.39 is 11.1 Å². The Labute approximate surface area is 158 Å². The largest absolute Gasteiger partial charge is 0.459 e. The van der Waals surface area contributed by atoms with Crippen LogP contribution in [0.5, 0.6) is 0 Å². The summed E-state index contributed by atoms with van der Waals surface area (Å²) in [5.74, 6) is 0.112. The number of imide groups is 1. The predicted octanol–water partition coefficient (Wildman–Crippen LogP) is 1.40. The number of carbonyl (C=O) groups is 3. The summed E-state index contributed by atoms with van der Waals surface area (Å²) in [6.45, 7) is 1.26. The summed E-state index contributed by atoms with van der Waals surface area (Å²) in [6.07, 6.45) is 5.37. The molecule has 2 aromatic rings. The van der Waals surface area contributed by atoms with Crippen molar-refractivity contribution >= 4 is 40.8 Å². The van der Waals surface area contributed by atoms with E-state index in [9.17, 15) is 14.4 Å². The summed E-state index contributed by atoms with van der Waals surface area (Å²) in [4.78, 5) is 46.0. The first-order valence-corrected chi connectivity index (χ1v) is 9.07. The van der Waals surface area contributed by atoms with Crippen LogP contribution in [0.25, 0.3) is 6.08 Å². The Morgan fingerprint density at radius 1 is 1.41 bits per heavy atom. The standard InChI is InChI=1S/C17H15N5O4S/c23-14(12-2-1-7-26-12)19-11-4-6-22(9-11)16-18-5-3-10(20-16)8-13-15(24)21-17(25)27-13/h1-3,5,7-8,11H,4,6,9H2,(H,19,23)(H,21,24,25). The van der Waals surface area contributed by atoms with Gasteiger partial charge in [0.15, 0.2) is 5.76 Å². The number of furan rings is 1. The number of nitrogens with one attached hydrogen (secondary N) is 2. The van der Waals surface area contributed by atoms with Gasteiger partial charge in [0.2, 0.25) is 5.95 Å². The third-order valence-electron chi connectivity index (χ3n) is 4.14. The summed E-state index contributed by atoms with van der Waals surface area (Å²) >= 11 is 0.844. The van der Waals surface area contributed by atoms with Gasteiger partial charge in [0, 0.05) is 25.3 Å². The molecule has 10 heteroatoms. The van der Waals surface area contributed by atoms with Crippen LogP contribution in [0.2, 0.25) is 0 Å². The molecule has 138 valence electrons. The number of rotatable bonds is 4. The van der Waals surface area contributed by atoms with E-state index in [1.165, 1.54) is 6.26 Å². The fourth-order valence-electron chi connectivity index (χ4n) is 2.87. The van der Waals surface area contributed by atoms with Crippen LogP contribution >= 0.6 is 11.8 Å². The van der Waals surface area contributed by atoms with Crippen molar-refractivity contribution < 1.29 is 18.8 Å². The molecule has 0 radical (unpaired) electrons. The molecule has 3 amide bonds. The average Bonchev–Trinajstić information content (AvgIpc) is 3.38. The molecule has 0 saturated carbocycles. The molecular formula is C17H15N5O4S. The molecular weight excluding hydrogens is 370 g/mol. The topological polar surface area (TPSA) is 117 Å². The van der Waals surface area contributed by atoms with E-state index in [0.29, 0.717) is 29.6 Å². The minimum absolute atomic E-state index is 0.0398. The second-order valence-electron chi connectivity index (χ2n) is 6.02. The Morgan fingerprint density at radius 2 is 2.30 bits per heavy atom. The van der Waals surface area contributed by atoms with Crippen LogP contribution in [0.15, 0.2) is 40.0 Å². The predicted molar refractivity (Wildman–Crippen MR) is 97.9 cm³/mol. The van der Waals surface area contributed by atoms with Gasteiger partial charge in [-0.1, -0.05) is 0 Å². The number of hydrogen-bond acceptors (Lipinski definition) is 8. The van der Waals surface area contributed by atoms with Crippen LogP contribution in [0.3, 0.4) is 0 Å². The van der Waals surface area contributed by atoms with E-state index in [0.717, 1.165) is 18.2 Å². The fraction of sp³-hybridized carbons (Fsp3) is 0.235. The van der Waals surface area contributed by atoms with E-state index in [-0.39, 0.29) is 17.7 Å². The maximum atomic E-state index is 12.1. The zero-order valence-corrected chi connectivity index (χ0v) is 14.9. The van der Waals surface area contributed by atoms with E-state index >= 15 is 0 Å². The first-order valence-electron chi connectivity index (χ1n) is 8.26. The Balaban J connectivity index is 1.42. The molecule has 4 heterocycles. The van der Waals surface area contributed by atoms with Crippen molar-refractivity contribution in [1.82, 2.24) is 20.6 Å². The van der Waals surface area contributed by atoms with Crippen molar-refractivity contribution in [3.8, 4) is 0 Å². The molecule has 1 atom stereocenters. The average molecular weight is 385 g/mol. The van der Waals surface area contributed by atoms with Crippen LogP contribution in [0.4, 0.5) is 10.7 Å². The molecule has 2 N–H and O–H groups in total. The maximum Gasteiger partial charge on any atom is 0.290 e. The zero-order valence-electron chi connectivity index (χ0n) is 14.0. The highest BCUT2D eigenvalue weighted by Gasteiger charge is 2.27. The lowest BCUT2D eigenvalue weighted by Crippen LogP contribution is -2.37. The highest BCUT2D eigenvalue weighted by atomic mass is 32.2. The molecule has 2 aliphatic heterocycles. The molecule has 1 unspecified atom stereocenters. The zero-order chi connectivity index (χ0) is 18.8. The second-order valence-corrected chi connectivity index (χ2v) is 7.03. The summed E-state index contributed by atoms with van der Waals surface area (Å²) in [7, 11) is 0. The van der Waals surface area contributed by atoms with Gasteiger partial charge < -0.3 is 14.6 Å². The van der Waals surface area contributed by atoms with E-state index in [1.807, 2.05) is 4.90 Å². The highest BCUT2D eigenvalue weighted by molar-refractivity contribution is 8.18. The quantitative estimate of drug-likeness (QED) is 0.759. The summed E-state index contributed by atoms with van der Waals surface area (Å²) in [5.41, 5.74) is 0.537. The normalized spacial score (nSPS) is 21.0. The molecule has 9 nitrogen and oxygen atoms in total. The Bertz CT molecular complexity index is 927. The maximum absolute atomic E-state index is 12.1. The molecule has 2 aliphatic rings. The molecule has 2 saturated heterocycles. The van der Waals surface area contributed by atoms with Crippen molar-refractivity contribution in [2.45, 2.75) is 12.5 Å². The number of anilines is 1. The van der Waals surface area contributed by atoms with Gasteiger partial charge in [-0.2, -0.15) is 0 Å². The summed E-state index contributed by atoms with van der Waals surface area (Å²) in [5, 5.41) is 4.74. The third kappa shape index (κ3) is 3.85. The lowest BCUT2D eigenvalue weighted by molar-refractivity contribution is -0.115. The van der Waals surface area contributed by atoms with Gasteiger partial charge in [0.25, 0.3) is 17.1 Å². The van der Waals surface area contributed by atoms with Crippen LogP contribution in [-0.4, -0.2) is 46.2 Å². The monoisotopic (exact) mass is 385 g/mol. The summed E-state index contributed by atoms with van der Waals surface area (Å²) in [6, 6.07) is 4.91. The van der Waals surface area contributed by atoms with E-state index in [2.05, 4.69) is 20.6 Å². The second kappa shape index (κ2) is 7.23. The van der Waals surface area contributed by atoms with Gasteiger partial charge in [-0.25, -0.2) is 9.97 Å². The number of nitrogens with zero attached hydrogens (tertiary/aromatic N) is 3. The smallest absolute Gasteiger partial charge is 0.290 e. The molecule has 2 aromatic heterocycles. The number of aromatic nitrogens is 2. The van der Waals surface area contributed by atoms with Gasteiger partial charge in [-0.15, -0.1) is 0 Å². The lowest BCUT2D eigenvalue weighted by Gasteiger charge is -2.16. The Morgan fingerprint density at radius 3 is 3.04 bits per heavy atom. The van der Waals surface area contributed by atoms with Gasteiger partial charge >= 0.3 is 0 Å². The Hall–Kier alpha value is -3.14. The molecule has 0 aromatic carbocycles. The van der Waals surface area contributed by atoms with Gasteiger partial charge in [0.05, 0.1) is 16.9 Å². The molecule has 0 aliphatic carbocycles. The van der Waals surface area contributed by atoms with Crippen LogP contribution in [-0.2, 0) is 4.79 Å². The lowest BCUT2D eigenvalue weighted by atomic mass is 10.2. The minimum atomic E-state index is -0.424. The van der Waals surface area contributed by atoms with Gasteiger partial charge in [-0.3, -0.25) is 19.7 Å². The first-order chi connectivity index (χ1) is 13.1. The first kappa shape index (κ1) is 17.3. The number of hydrogen-bond donors (Lipinski definition) is 2. The van der Waals surface area contributed by atoms with Crippen molar-refractivity contribution in [1.29, 1.82) is 0 Å². The minimum Gasteiger partial charge on any atom is -0.459 e. The van der Waals surface area contributed by atoms with Gasteiger partial charge in [-0.05, 0) is 42.5 Å². The fourth-order valence-corrected chi connectivity index (χ4v) is 3.54. The van der Waals surface area contributed by atoms with E-state index in [4.69, 9.17) is 4.42 Å². The number of carbonyl (C=O) groups excluding carboxylic acids is 3. The number of thioether (sulfide) groups is 1. The van der Waals surface area contributed by atoms with Crippen molar-refractivity contribution in [2.24, 2.45) is 0 Å². The van der Waals surface area contributed by atoms with Crippen molar-refractivity contribution in [3.05, 3.63) is 47.0 Å². The van der Waals surface area contributed by atoms with E-state index in [1.54, 1.807) is 30.5 Å². The SMILES string of the molecule is O=C1NC(=O)C(=Cc2ccnc(N3CCC(NC(=O)c4ccco4)C3)n2)S1. The molecule has 0 bridgehead atoms. The Kier molecular flexibility index (Phi) is 4.63. The van der Waals surface area contributed by atoms with Crippen LogP contribution in [0.1, 0.15) is 22.7 Å². The van der Waals surface area contributed by atoms with Crippen LogP contribution in [0, 0.1) is 0 Å². The number of amides is 3. The van der Waals surface area contributed by atoms with Crippen molar-refractivity contribution in [2.75, 3.05) is 18.0 Å². The van der Waals surface area contributed by atoms with Crippen molar-refractivity contribution in [3.63, 3.8) is 0 Å². The molecule has 27 heavy (non-hydrogen) atoms.